The van der Waals surface area contributed by atoms with Crippen molar-refractivity contribution in [2.45, 2.75) is 17.5 Å². The van der Waals surface area contributed by atoms with Crippen molar-refractivity contribution >= 4 is 29.9 Å². The van der Waals surface area contributed by atoms with Gasteiger partial charge in [-0.2, -0.15) is 13.2 Å². The highest BCUT2D eigenvalue weighted by atomic mass is 35.5. The van der Waals surface area contributed by atoms with Crippen LogP contribution in [-0.2, 0) is 12.6 Å². The quantitative estimate of drug-likeness (QED) is 0.778. The molecule has 1 heterocycles. The summed E-state index contributed by atoms with van der Waals surface area (Å²) in [4.78, 5) is 0.310. The number of anilines is 1. The molecule has 0 saturated heterocycles. The Hall–Kier alpha value is -0.550. The highest BCUT2D eigenvalue weighted by Gasteiger charge is 2.34. The first-order chi connectivity index (χ1) is 7.02. The Morgan fingerprint density at radius 2 is 2.00 bits per heavy atom. The molecule has 1 aliphatic rings. The van der Waals surface area contributed by atoms with Gasteiger partial charge >= 0.3 is 6.18 Å². The van der Waals surface area contributed by atoms with E-state index >= 15 is 0 Å². The molecule has 2 rings (SSSR count). The van der Waals surface area contributed by atoms with Gasteiger partial charge in [-0.1, -0.05) is 0 Å². The lowest BCUT2D eigenvalue weighted by Crippen LogP contribution is -2.07. The molecule has 0 spiro atoms. The summed E-state index contributed by atoms with van der Waals surface area (Å²) in [5.74, 6) is 0. The van der Waals surface area contributed by atoms with Gasteiger partial charge in [-0.25, -0.2) is 0 Å². The zero-order chi connectivity index (χ0) is 11.1. The first-order valence-electron chi connectivity index (χ1n) is 4.54. The maximum Gasteiger partial charge on any atom is 0.417 e. The van der Waals surface area contributed by atoms with E-state index in [2.05, 4.69) is 5.32 Å². The zero-order valence-electron chi connectivity index (χ0n) is 8.52. The van der Waals surface area contributed by atoms with Gasteiger partial charge in [-0.3, -0.25) is 0 Å². The van der Waals surface area contributed by atoms with Crippen LogP contribution in [0.2, 0.25) is 0 Å². The first-order valence-corrected chi connectivity index (χ1v) is 5.77. The van der Waals surface area contributed by atoms with Gasteiger partial charge < -0.3 is 5.32 Å². The van der Waals surface area contributed by atoms with E-state index in [1.807, 2.05) is 0 Å². The Bertz CT molecular complexity index is 392. The van der Waals surface area contributed by atoms with Crippen molar-refractivity contribution in [1.29, 1.82) is 0 Å². The van der Waals surface area contributed by atoms with Gasteiger partial charge in [0.1, 0.15) is 0 Å². The average Bonchev–Trinajstić information content (AvgIpc) is 2.60. The van der Waals surface area contributed by atoms with Crippen LogP contribution in [0.4, 0.5) is 18.9 Å². The van der Waals surface area contributed by atoms with Crippen LogP contribution in [0, 0.1) is 0 Å². The summed E-state index contributed by atoms with van der Waals surface area (Å²) in [6.07, 6.45) is -1.79. The second-order valence-corrected chi connectivity index (χ2v) is 4.23. The van der Waals surface area contributed by atoms with E-state index in [0.717, 1.165) is 30.3 Å². The molecule has 0 saturated carbocycles. The minimum Gasteiger partial charge on any atom is -0.384 e. The van der Waals surface area contributed by atoms with Crippen molar-refractivity contribution in [2.75, 3.05) is 18.1 Å². The molecule has 1 aromatic carbocycles. The lowest BCUT2D eigenvalue weighted by molar-refractivity contribution is -0.139. The number of hydrogen-bond acceptors (Lipinski definition) is 2. The van der Waals surface area contributed by atoms with Gasteiger partial charge in [0, 0.05) is 17.1 Å². The molecule has 0 fully saturated rings. The van der Waals surface area contributed by atoms with Crippen LogP contribution in [0.15, 0.2) is 17.0 Å². The van der Waals surface area contributed by atoms with Crippen molar-refractivity contribution < 1.29 is 13.2 Å². The molecule has 1 aromatic rings. The summed E-state index contributed by atoms with van der Waals surface area (Å²) in [5, 5.41) is 2.95. The summed E-state index contributed by atoms with van der Waals surface area (Å²) in [7, 11) is 0. The molecule has 0 bridgehead atoms. The van der Waals surface area contributed by atoms with Crippen LogP contribution in [0.3, 0.4) is 0 Å². The molecule has 1 aliphatic heterocycles. The minimum absolute atomic E-state index is 0. The van der Waals surface area contributed by atoms with Crippen molar-refractivity contribution in [3.05, 3.63) is 23.3 Å². The Morgan fingerprint density at radius 3 is 2.56 bits per heavy atom. The predicted octanol–water partition coefficient (Wildman–Crippen LogP) is 3.82. The number of benzene rings is 1. The molecule has 0 aliphatic carbocycles. The van der Waals surface area contributed by atoms with E-state index < -0.39 is 11.7 Å². The molecular formula is C10H11ClF3NS. The fraction of sp³-hybridized carbons (Fsp3) is 0.400. The molecule has 90 valence electrons. The predicted molar refractivity (Wildman–Crippen MR) is 62.7 cm³/mol. The maximum absolute atomic E-state index is 12.7. The average molecular weight is 270 g/mol. The van der Waals surface area contributed by atoms with Crippen LogP contribution < -0.4 is 5.32 Å². The molecule has 6 heteroatoms. The Kier molecular flexibility index (Phi) is 4.02. The minimum atomic E-state index is -4.27. The highest BCUT2D eigenvalue weighted by molar-refractivity contribution is 7.98. The van der Waals surface area contributed by atoms with E-state index in [1.165, 1.54) is 6.07 Å². The van der Waals surface area contributed by atoms with E-state index in [1.54, 1.807) is 12.3 Å². The molecule has 0 atom stereocenters. The smallest absolute Gasteiger partial charge is 0.384 e. The monoisotopic (exact) mass is 269 g/mol. The number of thioether (sulfide) groups is 1. The largest absolute Gasteiger partial charge is 0.417 e. The SMILES string of the molecule is CSc1cc2c(cc1C(F)(F)F)NCC2.Cl. The van der Waals surface area contributed by atoms with E-state index in [0.29, 0.717) is 10.6 Å². The highest BCUT2D eigenvalue weighted by Crippen LogP contribution is 2.40. The Balaban J connectivity index is 0.00000128. The number of alkyl halides is 3. The lowest BCUT2D eigenvalue weighted by atomic mass is 10.1. The molecule has 0 aromatic heterocycles. The van der Waals surface area contributed by atoms with Crippen molar-refractivity contribution in [3.8, 4) is 0 Å². The van der Waals surface area contributed by atoms with E-state index in [-0.39, 0.29) is 12.4 Å². The number of rotatable bonds is 1. The maximum atomic E-state index is 12.7. The molecule has 1 N–H and O–H groups in total. The van der Waals surface area contributed by atoms with Crippen LogP contribution in [0.25, 0.3) is 0 Å². The lowest BCUT2D eigenvalue weighted by Gasteiger charge is -2.13. The second-order valence-electron chi connectivity index (χ2n) is 3.38. The van der Waals surface area contributed by atoms with Crippen molar-refractivity contribution in [3.63, 3.8) is 0 Å². The second kappa shape index (κ2) is 4.75. The summed E-state index contributed by atoms with van der Waals surface area (Å²) < 4.78 is 38.0. The third kappa shape index (κ3) is 2.40. The van der Waals surface area contributed by atoms with Gasteiger partial charge in [-0.15, -0.1) is 24.2 Å². The van der Waals surface area contributed by atoms with Gasteiger partial charge in [0.15, 0.2) is 0 Å². The van der Waals surface area contributed by atoms with Crippen molar-refractivity contribution in [1.82, 2.24) is 0 Å². The Morgan fingerprint density at radius 1 is 1.31 bits per heavy atom. The van der Waals surface area contributed by atoms with Crippen LogP contribution in [-0.4, -0.2) is 12.8 Å². The standard InChI is InChI=1S/C10H10F3NS.ClH/c1-15-9-4-6-2-3-14-8(6)5-7(9)10(11,12)13;/h4-5,14H,2-3H2,1H3;1H. The third-order valence-electron chi connectivity index (χ3n) is 2.44. The first kappa shape index (κ1) is 13.5. The number of halogens is 4. The molecule has 0 radical (unpaired) electrons. The van der Waals surface area contributed by atoms with Gasteiger partial charge in [0.05, 0.1) is 5.56 Å². The summed E-state index contributed by atoms with van der Waals surface area (Å²) >= 11 is 1.14. The molecule has 16 heavy (non-hydrogen) atoms. The van der Waals surface area contributed by atoms with Crippen molar-refractivity contribution in [2.24, 2.45) is 0 Å². The molecule has 0 amide bonds. The normalized spacial score (nSPS) is 14.0. The van der Waals surface area contributed by atoms with E-state index in [9.17, 15) is 13.2 Å². The number of fused-ring (bicyclic) bond motifs is 1. The molecule has 0 unspecified atom stereocenters. The molecular weight excluding hydrogens is 259 g/mol. The van der Waals surface area contributed by atoms with Crippen LogP contribution >= 0.6 is 24.2 Å². The fourth-order valence-corrected chi connectivity index (χ4v) is 2.37. The van der Waals surface area contributed by atoms with Gasteiger partial charge in [0.2, 0.25) is 0 Å². The van der Waals surface area contributed by atoms with Crippen LogP contribution in [0.1, 0.15) is 11.1 Å². The summed E-state index contributed by atoms with van der Waals surface area (Å²) in [6.45, 7) is 0.727. The molecule has 1 nitrogen and oxygen atoms in total. The van der Waals surface area contributed by atoms with Crippen LogP contribution in [0.5, 0.6) is 0 Å². The summed E-state index contributed by atoms with van der Waals surface area (Å²) in [6, 6.07) is 2.86. The zero-order valence-corrected chi connectivity index (χ0v) is 10.2. The summed E-state index contributed by atoms with van der Waals surface area (Å²) in [5.41, 5.74) is 1.07. The third-order valence-corrected chi connectivity index (χ3v) is 3.22. The Labute approximate surface area is 102 Å². The van der Waals surface area contributed by atoms with Gasteiger partial charge in [0.25, 0.3) is 0 Å². The number of nitrogens with one attached hydrogen (secondary N) is 1. The topological polar surface area (TPSA) is 12.0 Å². The van der Waals surface area contributed by atoms with E-state index in [4.69, 9.17) is 0 Å². The fourth-order valence-electron chi connectivity index (χ4n) is 1.72. The van der Waals surface area contributed by atoms with Gasteiger partial charge in [-0.05, 0) is 30.4 Å². The number of hydrogen-bond donors (Lipinski definition) is 1.